The second kappa shape index (κ2) is 7.33. The molecule has 2 rings (SSSR count). The van der Waals surface area contributed by atoms with Crippen molar-refractivity contribution in [2.24, 2.45) is 0 Å². The molecule has 0 radical (unpaired) electrons. The van der Waals surface area contributed by atoms with Crippen LogP contribution in [0.2, 0.25) is 0 Å². The first-order valence-corrected chi connectivity index (χ1v) is 9.71. The topological polar surface area (TPSA) is 67.4 Å². The fraction of sp³-hybridized carbons (Fsp3) is 0.667. The maximum atomic E-state index is 12.3. The lowest BCUT2D eigenvalue weighted by molar-refractivity contribution is 0.192. The molecule has 1 saturated heterocycles. The Morgan fingerprint density at radius 2 is 2.35 bits per heavy atom. The molecule has 2 heterocycles. The Hall–Kier alpha value is 0.01000. The maximum absolute atomic E-state index is 12.3. The molecule has 0 saturated carbocycles. The molecule has 1 aromatic heterocycles. The Morgan fingerprint density at radius 1 is 1.55 bits per heavy atom. The van der Waals surface area contributed by atoms with Crippen LogP contribution in [0.3, 0.4) is 0 Å². The van der Waals surface area contributed by atoms with Crippen molar-refractivity contribution in [1.29, 1.82) is 0 Å². The van der Waals surface area contributed by atoms with Gasteiger partial charge in [-0.3, -0.25) is 0 Å². The fourth-order valence-corrected chi connectivity index (χ4v) is 5.87. The van der Waals surface area contributed by atoms with Gasteiger partial charge in [0.1, 0.15) is 4.90 Å². The van der Waals surface area contributed by atoms with E-state index < -0.39 is 10.0 Å². The zero-order chi connectivity index (χ0) is 14.6. The number of hydrogen-bond donors (Lipinski definition) is 2. The van der Waals surface area contributed by atoms with Gasteiger partial charge in [-0.25, -0.2) is 13.1 Å². The van der Waals surface area contributed by atoms with E-state index in [9.17, 15) is 8.42 Å². The van der Waals surface area contributed by atoms with Crippen LogP contribution < -0.4 is 10.0 Å². The summed E-state index contributed by atoms with van der Waals surface area (Å²) in [7, 11) is -3.48. The van der Waals surface area contributed by atoms with Crippen LogP contribution in [0.1, 0.15) is 24.6 Å². The van der Waals surface area contributed by atoms with Gasteiger partial charge < -0.3 is 10.1 Å². The predicted octanol–water partition coefficient (Wildman–Crippen LogP) is 2.08. The number of thiophene rings is 1. The highest BCUT2D eigenvalue weighted by Crippen LogP contribution is 2.32. The van der Waals surface area contributed by atoms with E-state index >= 15 is 0 Å². The van der Waals surface area contributed by atoms with Gasteiger partial charge in [-0.2, -0.15) is 0 Å². The number of hydrogen-bond acceptors (Lipinski definition) is 5. The highest BCUT2D eigenvalue weighted by atomic mass is 79.9. The van der Waals surface area contributed by atoms with E-state index in [4.69, 9.17) is 4.74 Å². The monoisotopic (exact) mass is 382 g/mol. The van der Waals surface area contributed by atoms with Crippen molar-refractivity contribution in [2.75, 3.05) is 19.8 Å². The lowest BCUT2D eigenvalue weighted by Crippen LogP contribution is -2.34. The van der Waals surface area contributed by atoms with Crippen LogP contribution in [0.5, 0.6) is 0 Å². The standard InChI is InChI=1S/C12H19BrN2O3S2/c1-2-4-14-7-10-6-11(12(13)19-10)20(16,17)15-9-3-5-18-8-9/h6,9,14-15H,2-5,7-8H2,1H3. The average molecular weight is 383 g/mol. The number of halogens is 1. The first kappa shape index (κ1) is 16.4. The van der Waals surface area contributed by atoms with Gasteiger partial charge in [0.2, 0.25) is 10.0 Å². The summed E-state index contributed by atoms with van der Waals surface area (Å²) in [5, 5.41) is 3.27. The van der Waals surface area contributed by atoms with Crippen LogP contribution in [0.25, 0.3) is 0 Å². The molecule has 1 aliphatic heterocycles. The van der Waals surface area contributed by atoms with Gasteiger partial charge in [0.25, 0.3) is 0 Å². The summed E-state index contributed by atoms with van der Waals surface area (Å²) >= 11 is 4.80. The number of ether oxygens (including phenoxy) is 1. The van der Waals surface area contributed by atoms with Crippen molar-refractivity contribution in [2.45, 2.75) is 37.2 Å². The molecule has 5 nitrogen and oxygen atoms in total. The first-order chi connectivity index (χ1) is 9.53. The minimum atomic E-state index is -3.48. The zero-order valence-electron chi connectivity index (χ0n) is 11.3. The molecule has 20 heavy (non-hydrogen) atoms. The van der Waals surface area contributed by atoms with Crippen LogP contribution in [-0.4, -0.2) is 34.2 Å². The maximum Gasteiger partial charge on any atom is 0.242 e. The summed E-state index contributed by atoms with van der Waals surface area (Å²) < 4.78 is 33.2. The van der Waals surface area contributed by atoms with Crippen molar-refractivity contribution < 1.29 is 13.2 Å². The SMILES string of the molecule is CCCNCc1cc(S(=O)(=O)NC2CCOC2)c(Br)s1. The van der Waals surface area contributed by atoms with E-state index in [1.807, 2.05) is 0 Å². The average Bonchev–Trinajstić information content (AvgIpc) is 2.99. The van der Waals surface area contributed by atoms with Gasteiger partial charge >= 0.3 is 0 Å². The molecule has 1 unspecified atom stereocenters. The number of nitrogens with one attached hydrogen (secondary N) is 2. The lowest BCUT2D eigenvalue weighted by atomic mass is 10.3. The molecule has 1 aliphatic rings. The van der Waals surface area contributed by atoms with E-state index in [1.54, 1.807) is 6.07 Å². The summed E-state index contributed by atoms with van der Waals surface area (Å²) in [6, 6.07) is 1.61. The van der Waals surface area contributed by atoms with Crippen LogP contribution in [0.15, 0.2) is 14.7 Å². The molecule has 1 atom stereocenters. The quantitative estimate of drug-likeness (QED) is 0.708. The van der Waals surface area contributed by atoms with E-state index in [2.05, 4.69) is 32.9 Å². The van der Waals surface area contributed by atoms with Crippen molar-refractivity contribution in [3.8, 4) is 0 Å². The molecule has 114 valence electrons. The molecule has 0 spiro atoms. The van der Waals surface area contributed by atoms with E-state index in [1.165, 1.54) is 11.3 Å². The van der Waals surface area contributed by atoms with Crippen molar-refractivity contribution in [3.05, 3.63) is 14.7 Å². The highest BCUT2D eigenvalue weighted by molar-refractivity contribution is 9.11. The minimum Gasteiger partial charge on any atom is -0.380 e. The fourth-order valence-electron chi connectivity index (χ4n) is 1.97. The summed E-state index contributed by atoms with van der Waals surface area (Å²) in [6.07, 6.45) is 1.78. The molecule has 0 bridgehead atoms. The Kier molecular flexibility index (Phi) is 6.00. The van der Waals surface area contributed by atoms with Crippen molar-refractivity contribution in [3.63, 3.8) is 0 Å². The third-order valence-electron chi connectivity index (χ3n) is 2.97. The molecule has 1 fully saturated rings. The van der Waals surface area contributed by atoms with Crippen molar-refractivity contribution >= 4 is 37.3 Å². The smallest absolute Gasteiger partial charge is 0.242 e. The number of sulfonamides is 1. The van der Waals surface area contributed by atoms with Gasteiger partial charge in [-0.1, -0.05) is 6.92 Å². The van der Waals surface area contributed by atoms with Crippen LogP contribution in [-0.2, 0) is 21.3 Å². The van der Waals surface area contributed by atoms with Crippen LogP contribution >= 0.6 is 27.3 Å². The molecule has 2 N–H and O–H groups in total. The van der Waals surface area contributed by atoms with Crippen molar-refractivity contribution in [1.82, 2.24) is 10.0 Å². The van der Waals surface area contributed by atoms with Gasteiger partial charge in [0, 0.05) is 24.1 Å². The molecule has 0 amide bonds. The first-order valence-electron chi connectivity index (χ1n) is 6.62. The summed E-state index contributed by atoms with van der Waals surface area (Å²) in [5.74, 6) is 0. The van der Waals surface area contributed by atoms with Gasteiger partial charge in [0.15, 0.2) is 0 Å². The largest absolute Gasteiger partial charge is 0.380 e. The second-order valence-electron chi connectivity index (χ2n) is 4.71. The third-order valence-corrected chi connectivity index (χ3v) is 6.75. The van der Waals surface area contributed by atoms with E-state index in [0.717, 1.165) is 24.3 Å². The lowest BCUT2D eigenvalue weighted by Gasteiger charge is -2.10. The molecular formula is C12H19BrN2O3S2. The zero-order valence-corrected chi connectivity index (χ0v) is 14.5. The molecule has 0 aromatic carbocycles. The summed E-state index contributed by atoms with van der Waals surface area (Å²) in [4.78, 5) is 1.33. The molecule has 8 heteroatoms. The Balaban J connectivity index is 2.06. The Morgan fingerprint density at radius 3 is 3.00 bits per heavy atom. The van der Waals surface area contributed by atoms with Crippen LogP contribution in [0.4, 0.5) is 0 Å². The Labute approximate surface area is 132 Å². The van der Waals surface area contributed by atoms with Gasteiger partial charge in [-0.05, 0) is 41.4 Å². The van der Waals surface area contributed by atoms with Gasteiger partial charge in [0.05, 0.1) is 10.4 Å². The highest BCUT2D eigenvalue weighted by Gasteiger charge is 2.26. The molecular weight excluding hydrogens is 364 g/mol. The normalized spacial score (nSPS) is 19.6. The third kappa shape index (κ3) is 4.25. The van der Waals surface area contributed by atoms with E-state index in [-0.39, 0.29) is 6.04 Å². The minimum absolute atomic E-state index is 0.117. The van der Waals surface area contributed by atoms with Crippen LogP contribution in [0, 0.1) is 0 Å². The summed E-state index contributed by atoms with van der Waals surface area (Å²) in [6.45, 7) is 4.78. The second-order valence-corrected chi connectivity index (χ2v) is 8.85. The number of rotatable bonds is 7. The summed E-state index contributed by atoms with van der Waals surface area (Å²) in [5.41, 5.74) is 0. The predicted molar refractivity (Wildman–Crippen MR) is 83.6 cm³/mol. The van der Waals surface area contributed by atoms with E-state index in [0.29, 0.717) is 28.4 Å². The van der Waals surface area contributed by atoms with Gasteiger partial charge in [-0.15, -0.1) is 11.3 Å². The molecule has 1 aromatic rings. The molecule has 0 aliphatic carbocycles. The Bertz CT molecular complexity index is 539.